The molecule has 0 unspecified atom stereocenters. The zero-order valence-corrected chi connectivity index (χ0v) is 11.4. The Morgan fingerprint density at radius 3 is 2.94 bits per heavy atom. The smallest absolute Gasteiger partial charge is 0.256 e. The number of likely N-dealkylation sites (tertiary alicyclic amines) is 1. The largest absolute Gasteiger partial charge is 0.383 e. The van der Waals surface area contributed by atoms with Crippen LogP contribution in [0, 0.1) is 5.41 Å². The molecule has 1 amide bonds. The second kappa shape index (κ2) is 4.96. The predicted molar refractivity (Wildman–Crippen MR) is 72.7 cm³/mol. The van der Waals surface area contributed by atoms with Crippen molar-refractivity contribution in [3.8, 4) is 0 Å². The van der Waals surface area contributed by atoms with Crippen LogP contribution in [0.4, 0.5) is 5.69 Å². The van der Waals surface area contributed by atoms with E-state index >= 15 is 0 Å². The molecule has 0 radical (unpaired) electrons. The number of anilines is 1. The zero-order valence-electron chi connectivity index (χ0n) is 11.4. The van der Waals surface area contributed by atoms with E-state index in [0.29, 0.717) is 0 Å². The minimum atomic E-state index is 0.110. The number of rotatable bonds is 3. The fraction of sp³-hybridized carbons (Fsp3) is 0.571. The molecule has 0 saturated carbocycles. The lowest BCUT2D eigenvalue weighted by Gasteiger charge is -2.21. The summed E-state index contributed by atoms with van der Waals surface area (Å²) in [6.45, 7) is 8.90. The average molecular weight is 247 g/mol. The Balaban J connectivity index is 2.19. The van der Waals surface area contributed by atoms with Crippen molar-refractivity contribution in [3.05, 3.63) is 24.0 Å². The minimum Gasteiger partial charge on any atom is -0.383 e. The molecule has 1 fully saturated rings. The molecule has 98 valence electrons. The molecule has 0 aromatic carbocycles. The van der Waals surface area contributed by atoms with Crippen LogP contribution in [-0.2, 0) is 0 Å². The standard InChI is InChI=1S/C14H21N3O/c1-4-16-12-9-15-7-5-11(12)13(18)17-8-6-14(2,3)10-17/h5,7,9,16H,4,6,8,10H2,1-3H3. The SMILES string of the molecule is CCNc1cnccc1C(=O)N1CCC(C)(C)C1. The monoisotopic (exact) mass is 247 g/mol. The van der Waals surface area contributed by atoms with Crippen LogP contribution in [0.1, 0.15) is 37.6 Å². The van der Waals surface area contributed by atoms with Gasteiger partial charge in [0.1, 0.15) is 0 Å². The highest BCUT2D eigenvalue weighted by Gasteiger charge is 2.33. The van der Waals surface area contributed by atoms with Gasteiger partial charge < -0.3 is 10.2 Å². The van der Waals surface area contributed by atoms with Gasteiger partial charge >= 0.3 is 0 Å². The lowest BCUT2D eigenvalue weighted by atomic mass is 9.93. The summed E-state index contributed by atoms with van der Waals surface area (Å²) in [6.07, 6.45) is 4.47. The van der Waals surface area contributed by atoms with Gasteiger partial charge in [-0.25, -0.2) is 0 Å². The second-order valence-electron chi connectivity index (χ2n) is 5.59. The first kappa shape index (κ1) is 12.9. The first-order chi connectivity index (χ1) is 8.53. The van der Waals surface area contributed by atoms with Crippen molar-refractivity contribution in [2.75, 3.05) is 25.0 Å². The van der Waals surface area contributed by atoms with Gasteiger partial charge in [0.2, 0.25) is 0 Å². The van der Waals surface area contributed by atoms with E-state index in [-0.39, 0.29) is 11.3 Å². The maximum Gasteiger partial charge on any atom is 0.256 e. The van der Waals surface area contributed by atoms with Crippen LogP contribution in [0.3, 0.4) is 0 Å². The third-order valence-corrected chi connectivity index (χ3v) is 3.38. The highest BCUT2D eigenvalue weighted by atomic mass is 16.2. The predicted octanol–water partition coefficient (Wildman–Crippen LogP) is 2.39. The number of pyridine rings is 1. The zero-order chi connectivity index (χ0) is 13.2. The van der Waals surface area contributed by atoms with Crippen molar-refractivity contribution in [2.45, 2.75) is 27.2 Å². The van der Waals surface area contributed by atoms with Crippen LogP contribution >= 0.6 is 0 Å². The second-order valence-corrected chi connectivity index (χ2v) is 5.59. The molecule has 1 N–H and O–H groups in total. The van der Waals surface area contributed by atoms with Gasteiger partial charge in [0.25, 0.3) is 5.91 Å². The molecule has 1 saturated heterocycles. The Morgan fingerprint density at radius 1 is 1.56 bits per heavy atom. The van der Waals surface area contributed by atoms with Crippen LogP contribution in [-0.4, -0.2) is 35.4 Å². The van der Waals surface area contributed by atoms with E-state index in [9.17, 15) is 4.79 Å². The van der Waals surface area contributed by atoms with Crippen LogP contribution in [0.25, 0.3) is 0 Å². The number of hydrogen-bond acceptors (Lipinski definition) is 3. The fourth-order valence-electron chi connectivity index (χ4n) is 2.37. The van der Waals surface area contributed by atoms with Gasteiger partial charge in [0.05, 0.1) is 17.4 Å². The molecule has 0 atom stereocenters. The van der Waals surface area contributed by atoms with Crippen molar-refractivity contribution in [1.82, 2.24) is 9.88 Å². The van der Waals surface area contributed by atoms with E-state index in [1.165, 1.54) is 0 Å². The van der Waals surface area contributed by atoms with Gasteiger partial charge in [0, 0.05) is 25.8 Å². The van der Waals surface area contributed by atoms with Gasteiger partial charge in [-0.05, 0) is 24.8 Å². The van der Waals surface area contributed by atoms with Gasteiger partial charge in [0.15, 0.2) is 0 Å². The topological polar surface area (TPSA) is 45.2 Å². The number of aromatic nitrogens is 1. The first-order valence-corrected chi connectivity index (χ1v) is 6.51. The summed E-state index contributed by atoms with van der Waals surface area (Å²) in [5.41, 5.74) is 1.79. The van der Waals surface area contributed by atoms with E-state index in [4.69, 9.17) is 0 Å². The van der Waals surface area contributed by atoms with Gasteiger partial charge in [-0.15, -0.1) is 0 Å². The molecular formula is C14H21N3O. The van der Waals surface area contributed by atoms with Crippen LogP contribution < -0.4 is 5.32 Å². The van der Waals surface area contributed by atoms with Gasteiger partial charge in [-0.3, -0.25) is 9.78 Å². The first-order valence-electron chi connectivity index (χ1n) is 6.51. The summed E-state index contributed by atoms with van der Waals surface area (Å²) in [6, 6.07) is 1.80. The molecular weight excluding hydrogens is 226 g/mol. The quantitative estimate of drug-likeness (QED) is 0.892. The highest BCUT2D eigenvalue weighted by molar-refractivity contribution is 5.99. The van der Waals surface area contributed by atoms with Crippen LogP contribution in [0.2, 0.25) is 0 Å². The molecule has 1 aliphatic rings. The normalized spacial score (nSPS) is 17.8. The molecule has 18 heavy (non-hydrogen) atoms. The number of carbonyl (C=O) groups excluding carboxylic acids is 1. The molecule has 2 heterocycles. The maximum absolute atomic E-state index is 12.5. The molecule has 0 bridgehead atoms. The third kappa shape index (κ3) is 2.63. The molecule has 4 heteroatoms. The lowest BCUT2D eigenvalue weighted by Crippen LogP contribution is -2.30. The molecule has 1 aromatic heterocycles. The Bertz CT molecular complexity index is 442. The van der Waals surface area contributed by atoms with Crippen molar-refractivity contribution in [2.24, 2.45) is 5.41 Å². The number of nitrogens with zero attached hydrogens (tertiary/aromatic N) is 2. The van der Waals surface area contributed by atoms with E-state index in [0.717, 1.165) is 37.3 Å². The minimum absolute atomic E-state index is 0.110. The summed E-state index contributed by atoms with van der Waals surface area (Å²) < 4.78 is 0. The number of amides is 1. The molecule has 0 aliphatic carbocycles. The van der Waals surface area contributed by atoms with E-state index in [1.807, 2.05) is 11.8 Å². The molecule has 2 rings (SSSR count). The van der Waals surface area contributed by atoms with Gasteiger partial charge in [-0.1, -0.05) is 13.8 Å². The molecule has 0 spiro atoms. The summed E-state index contributed by atoms with van der Waals surface area (Å²) in [4.78, 5) is 18.5. The fourth-order valence-corrected chi connectivity index (χ4v) is 2.37. The summed E-state index contributed by atoms with van der Waals surface area (Å²) in [7, 11) is 0. The van der Waals surface area contributed by atoms with E-state index in [2.05, 4.69) is 24.1 Å². The van der Waals surface area contributed by atoms with E-state index in [1.54, 1.807) is 18.5 Å². The summed E-state index contributed by atoms with van der Waals surface area (Å²) in [5.74, 6) is 0.110. The third-order valence-electron chi connectivity index (χ3n) is 3.38. The number of hydrogen-bond donors (Lipinski definition) is 1. The Hall–Kier alpha value is -1.58. The number of carbonyl (C=O) groups is 1. The van der Waals surface area contributed by atoms with Crippen molar-refractivity contribution < 1.29 is 4.79 Å². The van der Waals surface area contributed by atoms with E-state index < -0.39 is 0 Å². The van der Waals surface area contributed by atoms with Crippen molar-refractivity contribution in [1.29, 1.82) is 0 Å². The molecule has 4 nitrogen and oxygen atoms in total. The Morgan fingerprint density at radius 2 is 2.33 bits per heavy atom. The van der Waals surface area contributed by atoms with Crippen molar-refractivity contribution >= 4 is 11.6 Å². The van der Waals surface area contributed by atoms with Gasteiger partial charge in [-0.2, -0.15) is 0 Å². The lowest BCUT2D eigenvalue weighted by molar-refractivity contribution is 0.0779. The van der Waals surface area contributed by atoms with Crippen LogP contribution in [0.5, 0.6) is 0 Å². The summed E-state index contributed by atoms with van der Waals surface area (Å²) in [5, 5.41) is 3.19. The average Bonchev–Trinajstić information content (AvgIpc) is 2.70. The molecule has 1 aromatic rings. The highest BCUT2D eigenvalue weighted by Crippen LogP contribution is 2.30. The molecule has 1 aliphatic heterocycles. The Labute approximate surface area is 108 Å². The van der Waals surface area contributed by atoms with Crippen molar-refractivity contribution in [3.63, 3.8) is 0 Å². The number of nitrogens with one attached hydrogen (secondary N) is 1. The summed E-state index contributed by atoms with van der Waals surface area (Å²) >= 11 is 0. The Kier molecular flexibility index (Phi) is 3.55. The van der Waals surface area contributed by atoms with Crippen LogP contribution in [0.15, 0.2) is 18.5 Å². The maximum atomic E-state index is 12.5.